The average molecular weight is 581 g/mol. The molecule has 2 aliphatic rings. The molecule has 42 heavy (non-hydrogen) atoms. The summed E-state index contributed by atoms with van der Waals surface area (Å²) >= 11 is 0. The maximum atomic E-state index is 13.5. The number of aliphatic hydroxyl groups excluding tert-OH is 1. The molecular weight excluding hydrogens is 536 g/mol. The van der Waals surface area contributed by atoms with Gasteiger partial charge in [0.25, 0.3) is 0 Å². The van der Waals surface area contributed by atoms with Gasteiger partial charge in [-0.05, 0) is 62.7 Å². The molecule has 4 N–H and O–H groups in total. The van der Waals surface area contributed by atoms with Crippen molar-refractivity contribution in [2.24, 2.45) is 5.92 Å². The number of hydrogen-bond acceptors (Lipinski definition) is 6. The van der Waals surface area contributed by atoms with Crippen LogP contribution in [0.4, 0.5) is 10.5 Å². The first-order valence-corrected chi connectivity index (χ1v) is 14.9. The topological polar surface area (TPSA) is 131 Å². The number of rotatable bonds is 9. The zero-order chi connectivity index (χ0) is 30.2. The number of amides is 3. The van der Waals surface area contributed by atoms with E-state index in [0.29, 0.717) is 36.6 Å². The van der Waals surface area contributed by atoms with Crippen molar-refractivity contribution in [1.29, 1.82) is 0 Å². The number of carboxylic acids is 1. The zero-order valence-electron chi connectivity index (χ0n) is 24.8. The third kappa shape index (κ3) is 8.45. The van der Waals surface area contributed by atoms with E-state index in [1.807, 2.05) is 39.1 Å². The largest absolute Gasteiger partial charge is 0.488 e. The summed E-state index contributed by atoms with van der Waals surface area (Å²) in [5, 5.41) is 25.1. The Kier molecular flexibility index (Phi) is 10.8. The molecule has 1 aliphatic carbocycles. The van der Waals surface area contributed by atoms with Crippen LogP contribution in [-0.4, -0.2) is 82.9 Å². The first-order valence-electron chi connectivity index (χ1n) is 14.9. The lowest BCUT2D eigenvalue weighted by Crippen LogP contribution is -2.47. The van der Waals surface area contributed by atoms with E-state index in [-0.39, 0.29) is 54.6 Å². The van der Waals surface area contributed by atoms with Crippen LogP contribution in [0.5, 0.6) is 5.75 Å². The molecule has 0 unspecified atom stereocenters. The normalized spacial score (nSPS) is 20.5. The van der Waals surface area contributed by atoms with Crippen LogP contribution in [0.2, 0.25) is 0 Å². The minimum atomic E-state index is -0.958. The number of carbonyl (C=O) groups is 3. The predicted octanol–water partition coefficient (Wildman–Crippen LogP) is 4.12. The Labute approximate surface area is 248 Å². The lowest BCUT2D eigenvalue weighted by Gasteiger charge is -2.34. The number of nitrogens with zero attached hydrogens (tertiary/aromatic N) is 2. The fourth-order valence-electron chi connectivity index (χ4n) is 5.76. The minimum Gasteiger partial charge on any atom is -0.488 e. The number of likely N-dealkylation sites (N-methyl/N-ethyl adjacent to an activating group) is 1. The third-order valence-electron chi connectivity index (χ3n) is 8.26. The number of anilines is 1. The maximum absolute atomic E-state index is 13.5. The third-order valence-corrected chi connectivity index (χ3v) is 8.26. The number of carboxylic acid groups (broad SMARTS) is 1. The molecule has 0 spiro atoms. The van der Waals surface area contributed by atoms with Gasteiger partial charge in [-0.2, -0.15) is 0 Å². The summed E-state index contributed by atoms with van der Waals surface area (Å²) in [5.74, 6) is -0.522. The van der Waals surface area contributed by atoms with Gasteiger partial charge in [-0.3, -0.25) is 9.69 Å². The zero-order valence-corrected chi connectivity index (χ0v) is 24.8. The van der Waals surface area contributed by atoms with Gasteiger partial charge in [0, 0.05) is 42.8 Å². The van der Waals surface area contributed by atoms with Crippen LogP contribution in [0.15, 0.2) is 42.5 Å². The van der Waals surface area contributed by atoms with Crippen molar-refractivity contribution in [3.05, 3.63) is 59.2 Å². The lowest BCUT2D eigenvalue weighted by atomic mass is 9.96. The number of aromatic carboxylic acids is 1. The predicted molar refractivity (Wildman–Crippen MR) is 161 cm³/mol. The van der Waals surface area contributed by atoms with Gasteiger partial charge in [-0.15, -0.1) is 0 Å². The van der Waals surface area contributed by atoms with Gasteiger partial charge in [-0.25, -0.2) is 9.59 Å². The number of aliphatic hydroxyl groups is 1. The summed E-state index contributed by atoms with van der Waals surface area (Å²) in [6.07, 6.45) is 5.24. The van der Waals surface area contributed by atoms with Gasteiger partial charge in [0.2, 0.25) is 5.91 Å². The molecule has 1 saturated carbocycles. The molecular formula is C32H44N4O6. The van der Waals surface area contributed by atoms with Gasteiger partial charge in [-0.1, -0.05) is 38.3 Å². The highest BCUT2D eigenvalue weighted by atomic mass is 16.5. The monoisotopic (exact) mass is 580 g/mol. The number of nitrogens with one attached hydrogen (secondary N) is 2. The highest BCUT2D eigenvalue weighted by Crippen LogP contribution is 2.29. The summed E-state index contributed by atoms with van der Waals surface area (Å²) in [6.45, 7) is 5.30. The SMILES string of the molecule is C[C@H](CO)N1C[C@H](C)[C@@H](CN(C)Cc2ccc(C(=O)O)cc2)Oc2ccc(NC(=O)NC3CCCCC3)cc2CC1=O. The van der Waals surface area contributed by atoms with Crippen LogP contribution in [-0.2, 0) is 17.8 Å². The van der Waals surface area contributed by atoms with Crippen LogP contribution in [0.3, 0.4) is 0 Å². The van der Waals surface area contributed by atoms with Crippen molar-refractivity contribution in [1.82, 2.24) is 15.1 Å². The maximum Gasteiger partial charge on any atom is 0.335 e. The van der Waals surface area contributed by atoms with E-state index in [1.165, 1.54) is 6.42 Å². The van der Waals surface area contributed by atoms with Crippen LogP contribution < -0.4 is 15.4 Å². The first-order chi connectivity index (χ1) is 20.1. The Morgan fingerprint density at radius 3 is 2.50 bits per heavy atom. The molecule has 4 rings (SSSR count). The number of fused-ring (bicyclic) bond motifs is 1. The Hall–Kier alpha value is -3.63. The molecule has 1 aliphatic heterocycles. The van der Waals surface area contributed by atoms with Crippen molar-refractivity contribution < 1.29 is 29.3 Å². The Morgan fingerprint density at radius 2 is 1.83 bits per heavy atom. The van der Waals surface area contributed by atoms with E-state index in [9.17, 15) is 24.6 Å². The quantitative estimate of drug-likeness (QED) is 0.351. The summed E-state index contributed by atoms with van der Waals surface area (Å²) < 4.78 is 6.59. The number of benzene rings is 2. The molecule has 2 aromatic rings. The number of carbonyl (C=O) groups excluding carboxylic acids is 2. The van der Waals surface area contributed by atoms with Crippen molar-refractivity contribution >= 4 is 23.6 Å². The van der Waals surface area contributed by atoms with Crippen LogP contribution in [0.25, 0.3) is 0 Å². The second-order valence-corrected chi connectivity index (χ2v) is 11.8. The van der Waals surface area contributed by atoms with E-state index >= 15 is 0 Å². The van der Waals surface area contributed by atoms with E-state index in [4.69, 9.17) is 4.74 Å². The van der Waals surface area contributed by atoms with E-state index in [2.05, 4.69) is 15.5 Å². The van der Waals surface area contributed by atoms with Crippen molar-refractivity contribution in [2.75, 3.05) is 32.1 Å². The van der Waals surface area contributed by atoms with Crippen LogP contribution in [0, 0.1) is 5.92 Å². The standard InChI is InChI=1S/C32H44N4O6/c1-21-17-36(22(2)20-37)30(38)16-25-15-27(34-32(41)33-26-7-5-4-6-8-26)13-14-28(25)42-29(21)19-35(3)18-23-9-11-24(12-10-23)31(39)40/h9-15,21-22,26,29,37H,4-8,16-20H2,1-3H3,(H,39,40)(H2,33,34,41)/t21-,22+,29+/m0/s1. The fourth-order valence-corrected chi connectivity index (χ4v) is 5.76. The second kappa shape index (κ2) is 14.5. The first kappa shape index (κ1) is 31.3. The second-order valence-electron chi connectivity index (χ2n) is 11.8. The highest BCUT2D eigenvalue weighted by molar-refractivity contribution is 5.90. The Morgan fingerprint density at radius 1 is 1.12 bits per heavy atom. The molecule has 3 atom stereocenters. The molecule has 228 valence electrons. The molecule has 0 bridgehead atoms. The number of hydrogen-bond donors (Lipinski definition) is 4. The minimum absolute atomic E-state index is 0.0511. The molecule has 0 aromatic heterocycles. The van der Waals surface area contributed by atoms with Gasteiger partial charge in [0.05, 0.1) is 24.6 Å². The summed E-state index contributed by atoms with van der Waals surface area (Å²) in [5.41, 5.74) is 2.49. The number of urea groups is 1. The average Bonchev–Trinajstić information content (AvgIpc) is 3.00. The molecule has 0 radical (unpaired) electrons. The van der Waals surface area contributed by atoms with E-state index in [0.717, 1.165) is 31.2 Å². The molecule has 10 heteroatoms. The Bertz CT molecular complexity index is 1230. The Balaban J connectivity index is 1.52. The highest BCUT2D eigenvalue weighted by Gasteiger charge is 2.31. The molecule has 0 saturated heterocycles. The number of ether oxygens (including phenoxy) is 1. The summed E-state index contributed by atoms with van der Waals surface area (Å²) in [6, 6.07) is 11.8. The van der Waals surface area contributed by atoms with Gasteiger partial charge in [0.15, 0.2) is 0 Å². The molecule has 3 amide bonds. The van der Waals surface area contributed by atoms with Crippen molar-refractivity contribution in [3.8, 4) is 5.75 Å². The fraction of sp³-hybridized carbons (Fsp3) is 0.531. The smallest absolute Gasteiger partial charge is 0.335 e. The van der Waals surface area contributed by atoms with Gasteiger partial charge >= 0.3 is 12.0 Å². The van der Waals surface area contributed by atoms with Crippen LogP contribution in [0.1, 0.15) is 67.4 Å². The van der Waals surface area contributed by atoms with Gasteiger partial charge in [0.1, 0.15) is 11.9 Å². The molecule has 2 aromatic carbocycles. The molecule has 1 heterocycles. The molecule has 1 fully saturated rings. The van der Waals surface area contributed by atoms with Crippen molar-refractivity contribution in [3.63, 3.8) is 0 Å². The summed E-state index contributed by atoms with van der Waals surface area (Å²) in [4.78, 5) is 41.2. The van der Waals surface area contributed by atoms with E-state index < -0.39 is 5.97 Å². The van der Waals surface area contributed by atoms with Crippen LogP contribution >= 0.6 is 0 Å². The summed E-state index contributed by atoms with van der Waals surface area (Å²) in [7, 11) is 1.98. The van der Waals surface area contributed by atoms with E-state index in [1.54, 1.807) is 29.2 Å². The lowest BCUT2D eigenvalue weighted by molar-refractivity contribution is -0.134. The van der Waals surface area contributed by atoms with Crippen molar-refractivity contribution in [2.45, 2.75) is 77.1 Å². The van der Waals surface area contributed by atoms with Gasteiger partial charge < -0.3 is 30.5 Å². The molecule has 10 nitrogen and oxygen atoms in total.